The van der Waals surface area contributed by atoms with Crippen LogP contribution >= 0.6 is 0 Å². The molecule has 184 valence electrons. The van der Waals surface area contributed by atoms with Crippen LogP contribution in [0.1, 0.15) is 54.4 Å². The zero-order valence-corrected chi connectivity index (χ0v) is 19.4. The van der Waals surface area contributed by atoms with Gasteiger partial charge in [-0.05, 0) is 36.2 Å². The summed E-state index contributed by atoms with van der Waals surface area (Å²) in [6.07, 6.45) is -2.86. The Labute approximate surface area is 199 Å². The van der Waals surface area contributed by atoms with E-state index >= 15 is 0 Å². The summed E-state index contributed by atoms with van der Waals surface area (Å²) in [7, 11) is 0. The van der Waals surface area contributed by atoms with Crippen molar-refractivity contribution in [2.45, 2.75) is 38.8 Å². The van der Waals surface area contributed by atoms with Crippen molar-refractivity contribution in [3.8, 4) is 0 Å². The molecule has 1 aliphatic rings. The molecule has 0 unspecified atom stereocenters. The number of para-hydroxylation sites is 1. The molecule has 2 heterocycles. The van der Waals surface area contributed by atoms with Gasteiger partial charge < -0.3 is 14.6 Å². The highest BCUT2D eigenvalue weighted by molar-refractivity contribution is 6.18. The van der Waals surface area contributed by atoms with Crippen molar-refractivity contribution in [3.05, 3.63) is 76.9 Å². The number of carbonyl (C=O) groups is 2. The lowest BCUT2D eigenvalue weighted by atomic mass is 9.81. The van der Waals surface area contributed by atoms with Gasteiger partial charge in [-0.2, -0.15) is 13.2 Å². The van der Waals surface area contributed by atoms with Crippen LogP contribution in [0.15, 0.2) is 48.7 Å². The molecule has 0 fully saturated rings. The van der Waals surface area contributed by atoms with Crippen LogP contribution in [0.3, 0.4) is 0 Å². The lowest BCUT2D eigenvalue weighted by Gasteiger charge is -2.29. The number of alkyl halides is 3. The Morgan fingerprint density at radius 1 is 1.14 bits per heavy atom. The van der Waals surface area contributed by atoms with Crippen LogP contribution in [0.25, 0.3) is 16.5 Å². The van der Waals surface area contributed by atoms with Gasteiger partial charge in [-0.15, -0.1) is 0 Å². The molecule has 35 heavy (non-hydrogen) atoms. The number of ether oxygens (including phenoxy) is 1. The average Bonchev–Trinajstić information content (AvgIpc) is 3.14. The largest absolute Gasteiger partial charge is 0.462 e. The van der Waals surface area contributed by atoms with E-state index in [1.54, 1.807) is 0 Å². The third-order valence-electron chi connectivity index (χ3n) is 5.95. The van der Waals surface area contributed by atoms with E-state index in [1.165, 1.54) is 6.20 Å². The molecule has 0 radical (unpaired) electrons. The van der Waals surface area contributed by atoms with Gasteiger partial charge in [0.25, 0.3) is 5.91 Å². The Balaban J connectivity index is 1.84. The number of esters is 1. The van der Waals surface area contributed by atoms with Crippen molar-refractivity contribution in [1.82, 2.24) is 9.88 Å². The summed E-state index contributed by atoms with van der Waals surface area (Å²) >= 11 is 0. The second-order valence-corrected chi connectivity index (χ2v) is 9.11. The molecule has 0 saturated heterocycles. The van der Waals surface area contributed by atoms with Crippen LogP contribution < -0.4 is 0 Å². The number of benzene rings is 2. The van der Waals surface area contributed by atoms with Gasteiger partial charge in [-0.25, -0.2) is 9.18 Å². The first-order valence-corrected chi connectivity index (χ1v) is 11.1. The standard InChI is InChI=1S/C26H24F4N2O3/c1-4-11-35-24(34)18-13-32(23(33)16-10-9-15(12-19(16)27)26(28,29)30)14-25(2,3)21-17-7-5-6-8-20(17)31-22(18)21/h5-10,12-13,31H,4,11,14H2,1-3H3. The van der Waals surface area contributed by atoms with Crippen LogP contribution in [0, 0.1) is 5.82 Å². The van der Waals surface area contributed by atoms with E-state index in [2.05, 4.69) is 4.98 Å². The van der Waals surface area contributed by atoms with Gasteiger partial charge >= 0.3 is 12.1 Å². The summed E-state index contributed by atoms with van der Waals surface area (Å²) in [5.41, 5.74) is -0.276. The van der Waals surface area contributed by atoms with E-state index < -0.39 is 40.4 Å². The highest BCUT2D eigenvalue weighted by Gasteiger charge is 2.38. The number of carbonyl (C=O) groups excluding carboxylic acids is 2. The second-order valence-electron chi connectivity index (χ2n) is 9.11. The SMILES string of the molecule is CCCOC(=O)C1=CN(C(=O)c2ccc(C(F)(F)F)cc2F)CC(C)(C)c2c1[nH]c1ccccc21. The molecule has 9 heteroatoms. The highest BCUT2D eigenvalue weighted by Crippen LogP contribution is 2.41. The smallest absolute Gasteiger partial charge is 0.416 e. The summed E-state index contributed by atoms with van der Waals surface area (Å²) in [5, 5.41) is 0.858. The Morgan fingerprint density at radius 2 is 1.86 bits per heavy atom. The first kappa shape index (κ1) is 24.5. The van der Waals surface area contributed by atoms with Gasteiger partial charge in [0.1, 0.15) is 5.82 Å². The maximum absolute atomic E-state index is 14.6. The molecule has 1 aromatic heterocycles. The molecule has 3 aromatic rings. The third-order valence-corrected chi connectivity index (χ3v) is 5.95. The topological polar surface area (TPSA) is 62.4 Å². The number of aromatic nitrogens is 1. The molecule has 0 aliphatic carbocycles. The van der Waals surface area contributed by atoms with E-state index in [-0.39, 0.29) is 18.7 Å². The maximum atomic E-state index is 14.6. The Bertz CT molecular complexity index is 1340. The van der Waals surface area contributed by atoms with Crippen LogP contribution in [-0.4, -0.2) is 34.9 Å². The van der Waals surface area contributed by atoms with Crippen molar-refractivity contribution in [2.75, 3.05) is 13.2 Å². The van der Waals surface area contributed by atoms with Crippen molar-refractivity contribution in [3.63, 3.8) is 0 Å². The highest BCUT2D eigenvalue weighted by atomic mass is 19.4. The summed E-state index contributed by atoms with van der Waals surface area (Å²) in [6.45, 7) is 5.81. The zero-order valence-electron chi connectivity index (χ0n) is 19.4. The van der Waals surface area contributed by atoms with E-state index in [0.29, 0.717) is 24.2 Å². The van der Waals surface area contributed by atoms with Gasteiger partial charge in [-0.3, -0.25) is 4.79 Å². The van der Waals surface area contributed by atoms with Crippen molar-refractivity contribution < 1.29 is 31.9 Å². The zero-order chi connectivity index (χ0) is 25.5. The monoisotopic (exact) mass is 488 g/mol. The molecule has 1 amide bonds. The molecule has 1 N–H and O–H groups in total. The minimum atomic E-state index is -4.74. The Kier molecular flexibility index (Phi) is 6.21. The van der Waals surface area contributed by atoms with E-state index in [1.807, 2.05) is 45.0 Å². The number of hydrogen-bond acceptors (Lipinski definition) is 3. The number of amides is 1. The second kappa shape index (κ2) is 8.87. The van der Waals surface area contributed by atoms with Gasteiger partial charge in [0.2, 0.25) is 0 Å². The quantitative estimate of drug-likeness (QED) is 0.359. The average molecular weight is 488 g/mol. The number of H-pyrrole nitrogens is 1. The van der Waals surface area contributed by atoms with Crippen LogP contribution in [0.4, 0.5) is 17.6 Å². The minimum Gasteiger partial charge on any atom is -0.462 e. The fraction of sp³-hybridized carbons (Fsp3) is 0.308. The van der Waals surface area contributed by atoms with E-state index in [0.717, 1.165) is 27.4 Å². The van der Waals surface area contributed by atoms with Gasteiger partial charge in [0.05, 0.1) is 29.0 Å². The lowest BCUT2D eigenvalue weighted by Crippen LogP contribution is -2.37. The maximum Gasteiger partial charge on any atom is 0.416 e. The number of rotatable bonds is 4. The summed E-state index contributed by atoms with van der Waals surface area (Å²) in [5.74, 6) is -2.82. The molecular formula is C26H24F4N2O3. The van der Waals surface area contributed by atoms with Crippen molar-refractivity contribution in [2.24, 2.45) is 0 Å². The molecule has 5 nitrogen and oxygen atoms in total. The molecule has 0 atom stereocenters. The molecule has 4 rings (SSSR count). The van der Waals surface area contributed by atoms with Crippen molar-refractivity contribution in [1.29, 1.82) is 0 Å². The summed E-state index contributed by atoms with van der Waals surface area (Å²) in [6, 6.07) is 9.26. The van der Waals surface area contributed by atoms with Gasteiger partial charge in [0.15, 0.2) is 0 Å². The number of hydrogen-bond donors (Lipinski definition) is 1. The first-order chi connectivity index (χ1) is 16.4. The molecule has 0 saturated carbocycles. The number of halogens is 4. The van der Waals surface area contributed by atoms with Crippen LogP contribution in [-0.2, 0) is 21.1 Å². The Morgan fingerprint density at radius 3 is 2.51 bits per heavy atom. The summed E-state index contributed by atoms with van der Waals surface area (Å²) in [4.78, 5) is 30.8. The lowest BCUT2D eigenvalue weighted by molar-refractivity contribution is -0.138. The predicted octanol–water partition coefficient (Wildman–Crippen LogP) is 6.05. The Hall–Kier alpha value is -3.62. The normalized spacial score (nSPS) is 15.4. The van der Waals surface area contributed by atoms with E-state index in [4.69, 9.17) is 4.74 Å². The van der Waals surface area contributed by atoms with E-state index in [9.17, 15) is 27.2 Å². The molecule has 0 bridgehead atoms. The third kappa shape index (κ3) is 4.54. The first-order valence-electron chi connectivity index (χ1n) is 11.1. The molecular weight excluding hydrogens is 464 g/mol. The molecule has 1 aliphatic heterocycles. The number of nitrogens with zero attached hydrogens (tertiary/aromatic N) is 1. The minimum absolute atomic E-state index is 0.0473. The van der Waals surface area contributed by atoms with Crippen LogP contribution in [0.5, 0.6) is 0 Å². The molecule has 0 spiro atoms. The molecule has 2 aromatic carbocycles. The van der Waals surface area contributed by atoms with Crippen LogP contribution in [0.2, 0.25) is 0 Å². The fourth-order valence-corrected chi connectivity index (χ4v) is 4.40. The van der Waals surface area contributed by atoms with Crippen molar-refractivity contribution >= 4 is 28.4 Å². The number of nitrogens with one attached hydrogen (secondary N) is 1. The van der Waals surface area contributed by atoms with Gasteiger partial charge in [0, 0.05) is 29.1 Å². The van der Waals surface area contributed by atoms with Gasteiger partial charge in [-0.1, -0.05) is 39.0 Å². The predicted molar refractivity (Wildman–Crippen MR) is 123 cm³/mol. The number of fused-ring (bicyclic) bond motifs is 3. The fourth-order valence-electron chi connectivity index (χ4n) is 4.40. The summed E-state index contributed by atoms with van der Waals surface area (Å²) < 4.78 is 58.9. The number of aromatic amines is 1.